The smallest absolute Gasteiger partial charge is 0.333 e. The standard InChI is InChI=1S/C16H18N4O4/c1-3-9-18-11-7-5-6-8-12(11)20-15(23)14(22)19(17-16(18)20)10-13(21)24-4-2/h5-8H,3-4,9-10H2,1-2H3. The van der Waals surface area contributed by atoms with E-state index in [0.717, 1.165) is 16.6 Å². The molecule has 126 valence electrons. The molecule has 0 aliphatic heterocycles. The Morgan fingerprint density at radius 3 is 2.50 bits per heavy atom. The molecule has 0 atom stereocenters. The van der Waals surface area contributed by atoms with Gasteiger partial charge in [0.05, 0.1) is 17.6 Å². The van der Waals surface area contributed by atoms with Crippen LogP contribution in [0.4, 0.5) is 0 Å². The first-order valence-corrected chi connectivity index (χ1v) is 7.85. The largest absolute Gasteiger partial charge is 0.465 e. The minimum absolute atomic E-state index is 0.199. The molecule has 2 aromatic heterocycles. The normalized spacial score (nSPS) is 11.2. The van der Waals surface area contributed by atoms with Crippen molar-refractivity contribution in [1.82, 2.24) is 18.7 Å². The summed E-state index contributed by atoms with van der Waals surface area (Å²) in [6.07, 6.45) is 0.835. The Morgan fingerprint density at radius 1 is 1.12 bits per heavy atom. The van der Waals surface area contributed by atoms with Crippen LogP contribution >= 0.6 is 0 Å². The Kier molecular flexibility index (Phi) is 4.20. The molecule has 0 N–H and O–H groups in total. The van der Waals surface area contributed by atoms with Crippen molar-refractivity contribution < 1.29 is 9.53 Å². The zero-order valence-electron chi connectivity index (χ0n) is 13.6. The van der Waals surface area contributed by atoms with E-state index in [1.165, 1.54) is 4.40 Å². The maximum absolute atomic E-state index is 12.5. The van der Waals surface area contributed by atoms with E-state index in [1.807, 2.05) is 23.6 Å². The molecule has 24 heavy (non-hydrogen) atoms. The quantitative estimate of drug-likeness (QED) is 0.510. The second-order valence-corrected chi connectivity index (χ2v) is 5.35. The number of hydrogen-bond acceptors (Lipinski definition) is 5. The number of fused-ring (bicyclic) bond motifs is 3. The number of ether oxygens (including phenoxy) is 1. The fourth-order valence-corrected chi connectivity index (χ4v) is 2.76. The van der Waals surface area contributed by atoms with Gasteiger partial charge in [-0.05, 0) is 25.5 Å². The Bertz CT molecular complexity index is 1030. The topological polar surface area (TPSA) is 87.6 Å². The van der Waals surface area contributed by atoms with E-state index in [4.69, 9.17) is 4.74 Å². The Balaban J connectivity index is 2.32. The van der Waals surface area contributed by atoms with E-state index in [0.29, 0.717) is 17.8 Å². The van der Waals surface area contributed by atoms with Crippen LogP contribution in [0.3, 0.4) is 0 Å². The summed E-state index contributed by atoms with van der Waals surface area (Å²) in [5.41, 5.74) is -0.133. The van der Waals surface area contributed by atoms with Crippen LogP contribution in [0.15, 0.2) is 33.9 Å². The molecular formula is C16H18N4O4. The summed E-state index contributed by atoms with van der Waals surface area (Å²) < 4.78 is 8.88. The van der Waals surface area contributed by atoms with Crippen LogP contribution < -0.4 is 11.1 Å². The van der Waals surface area contributed by atoms with Crippen molar-refractivity contribution >= 4 is 22.8 Å². The molecule has 0 amide bonds. The van der Waals surface area contributed by atoms with Gasteiger partial charge in [0.2, 0.25) is 5.78 Å². The van der Waals surface area contributed by atoms with Gasteiger partial charge in [-0.2, -0.15) is 0 Å². The summed E-state index contributed by atoms with van der Waals surface area (Å²) in [6, 6.07) is 7.31. The summed E-state index contributed by atoms with van der Waals surface area (Å²) in [7, 11) is 0. The molecule has 0 saturated carbocycles. The van der Waals surface area contributed by atoms with Crippen molar-refractivity contribution in [2.75, 3.05) is 6.61 Å². The Labute approximate surface area is 136 Å². The average Bonchev–Trinajstić information content (AvgIpc) is 2.87. The zero-order chi connectivity index (χ0) is 17.3. The minimum atomic E-state index is -0.847. The van der Waals surface area contributed by atoms with Gasteiger partial charge in [-0.1, -0.05) is 19.1 Å². The molecule has 0 unspecified atom stereocenters. The highest BCUT2D eigenvalue weighted by atomic mass is 16.5. The van der Waals surface area contributed by atoms with Crippen molar-refractivity contribution in [1.29, 1.82) is 0 Å². The lowest BCUT2D eigenvalue weighted by molar-refractivity contribution is -0.144. The molecule has 2 heterocycles. The first-order chi connectivity index (χ1) is 11.6. The number of aryl methyl sites for hydroxylation is 1. The number of rotatable bonds is 5. The molecule has 0 bridgehead atoms. The molecule has 3 rings (SSSR count). The van der Waals surface area contributed by atoms with Crippen molar-refractivity contribution in [2.45, 2.75) is 33.4 Å². The maximum atomic E-state index is 12.5. The third kappa shape index (κ3) is 2.49. The molecule has 8 heteroatoms. The number of hydrogen-bond donors (Lipinski definition) is 0. The fraction of sp³-hybridized carbons (Fsp3) is 0.375. The monoisotopic (exact) mass is 330 g/mol. The van der Waals surface area contributed by atoms with Gasteiger partial charge in [-0.25, -0.2) is 9.08 Å². The van der Waals surface area contributed by atoms with Crippen LogP contribution in [0.25, 0.3) is 16.8 Å². The fourth-order valence-electron chi connectivity index (χ4n) is 2.76. The highest BCUT2D eigenvalue weighted by Gasteiger charge is 2.18. The van der Waals surface area contributed by atoms with Crippen molar-refractivity contribution in [2.24, 2.45) is 0 Å². The van der Waals surface area contributed by atoms with E-state index in [1.54, 1.807) is 19.1 Å². The predicted molar refractivity (Wildman–Crippen MR) is 88.1 cm³/mol. The lowest BCUT2D eigenvalue weighted by Crippen LogP contribution is -2.42. The number of imidazole rings is 1. The number of esters is 1. The minimum Gasteiger partial charge on any atom is -0.465 e. The molecular weight excluding hydrogens is 312 g/mol. The predicted octanol–water partition coefficient (Wildman–Crippen LogP) is 0.784. The van der Waals surface area contributed by atoms with Crippen LogP contribution in [-0.2, 0) is 22.6 Å². The van der Waals surface area contributed by atoms with E-state index in [-0.39, 0.29) is 13.2 Å². The van der Waals surface area contributed by atoms with Crippen molar-refractivity contribution in [3.63, 3.8) is 0 Å². The lowest BCUT2D eigenvalue weighted by atomic mass is 10.3. The highest BCUT2D eigenvalue weighted by molar-refractivity contribution is 5.80. The van der Waals surface area contributed by atoms with Crippen LogP contribution in [0.2, 0.25) is 0 Å². The average molecular weight is 330 g/mol. The molecule has 0 fully saturated rings. The van der Waals surface area contributed by atoms with Crippen molar-refractivity contribution in [3.8, 4) is 0 Å². The van der Waals surface area contributed by atoms with E-state index >= 15 is 0 Å². The first-order valence-electron chi connectivity index (χ1n) is 7.85. The Hall–Kier alpha value is -2.90. The molecule has 1 aromatic carbocycles. The van der Waals surface area contributed by atoms with Gasteiger partial charge < -0.3 is 9.30 Å². The number of para-hydroxylation sites is 2. The van der Waals surface area contributed by atoms with Gasteiger partial charge in [0.1, 0.15) is 6.54 Å². The summed E-state index contributed by atoms with van der Waals surface area (Å²) in [5.74, 6) is -0.263. The van der Waals surface area contributed by atoms with Crippen LogP contribution in [0.1, 0.15) is 20.3 Å². The Morgan fingerprint density at radius 2 is 1.83 bits per heavy atom. The van der Waals surface area contributed by atoms with Crippen LogP contribution in [0, 0.1) is 0 Å². The molecule has 0 aliphatic carbocycles. The van der Waals surface area contributed by atoms with Gasteiger partial charge >= 0.3 is 17.1 Å². The number of aromatic nitrogens is 4. The molecule has 8 nitrogen and oxygen atoms in total. The van der Waals surface area contributed by atoms with Crippen molar-refractivity contribution in [3.05, 3.63) is 45.0 Å². The number of benzene rings is 1. The van der Waals surface area contributed by atoms with Crippen LogP contribution in [0.5, 0.6) is 0 Å². The summed E-state index contributed by atoms with van der Waals surface area (Å²) >= 11 is 0. The van der Waals surface area contributed by atoms with E-state index in [9.17, 15) is 14.4 Å². The second kappa shape index (κ2) is 6.31. The van der Waals surface area contributed by atoms with E-state index in [2.05, 4.69) is 5.10 Å². The van der Waals surface area contributed by atoms with Gasteiger partial charge in [-0.15, -0.1) is 5.10 Å². The molecule has 3 aromatic rings. The third-order valence-electron chi connectivity index (χ3n) is 3.72. The van der Waals surface area contributed by atoms with Gasteiger partial charge in [0.15, 0.2) is 0 Å². The van der Waals surface area contributed by atoms with Gasteiger partial charge in [-0.3, -0.25) is 14.4 Å². The SMILES string of the molecule is CCCn1c2ccccc2n2c(=O)c(=O)n(CC(=O)OCC)nc12. The molecule has 0 radical (unpaired) electrons. The van der Waals surface area contributed by atoms with E-state index < -0.39 is 17.1 Å². The third-order valence-corrected chi connectivity index (χ3v) is 3.72. The summed E-state index contributed by atoms with van der Waals surface area (Å²) in [4.78, 5) is 36.5. The second-order valence-electron chi connectivity index (χ2n) is 5.35. The molecule has 0 aliphatic rings. The van der Waals surface area contributed by atoms with Gasteiger partial charge in [0.25, 0.3) is 0 Å². The zero-order valence-corrected chi connectivity index (χ0v) is 13.6. The highest BCUT2D eigenvalue weighted by Crippen LogP contribution is 2.17. The number of carbonyl (C=O) groups excluding carboxylic acids is 1. The first kappa shape index (κ1) is 16.0. The number of carbonyl (C=O) groups is 1. The summed E-state index contributed by atoms with van der Waals surface area (Å²) in [5, 5.41) is 4.24. The molecule has 0 spiro atoms. The van der Waals surface area contributed by atoms with Crippen LogP contribution in [-0.4, -0.2) is 31.3 Å². The van der Waals surface area contributed by atoms with Gasteiger partial charge in [0, 0.05) is 6.54 Å². The lowest BCUT2D eigenvalue weighted by Gasteiger charge is -2.06. The summed E-state index contributed by atoms with van der Waals surface area (Å²) in [6.45, 7) is 4.14. The number of nitrogens with zero attached hydrogens (tertiary/aromatic N) is 4. The molecule has 0 saturated heterocycles. The maximum Gasteiger partial charge on any atom is 0.333 e.